The van der Waals surface area contributed by atoms with Crippen molar-refractivity contribution in [3.05, 3.63) is 18.3 Å². The van der Waals surface area contributed by atoms with Crippen molar-refractivity contribution in [2.45, 2.75) is 11.3 Å². The molecule has 7 nitrogen and oxygen atoms in total. The molecular formula is C12H20N4O3S. The lowest BCUT2D eigenvalue weighted by Crippen LogP contribution is -2.38. The summed E-state index contributed by atoms with van der Waals surface area (Å²) < 4.78 is 31.9. The third-order valence-corrected chi connectivity index (χ3v) is 4.64. The van der Waals surface area contributed by atoms with Crippen molar-refractivity contribution < 1.29 is 13.2 Å². The zero-order valence-corrected chi connectivity index (χ0v) is 12.1. The number of anilines is 1. The van der Waals surface area contributed by atoms with Crippen LogP contribution in [0.15, 0.2) is 23.2 Å². The summed E-state index contributed by atoms with van der Waals surface area (Å²) in [5.41, 5.74) is 5.58. The molecule has 0 saturated carbocycles. The topological polar surface area (TPSA) is 97.5 Å². The number of nitrogens with one attached hydrogen (secondary N) is 1. The Morgan fingerprint density at radius 3 is 2.85 bits per heavy atom. The fraction of sp³-hybridized carbons (Fsp3) is 0.583. The van der Waals surface area contributed by atoms with Crippen LogP contribution in [0.4, 0.5) is 5.82 Å². The summed E-state index contributed by atoms with van der Waals surface area (Å²) in [6, 6.07) is 3.01. The van der Waals surface area contributed by atoms with Gasteiger partial charge < -0.3 is 10.5 Å². The van der Waals surface area contributed by atoms with Crippen LogP contribution in [0, 0.1) is 0 Å². The second-order valence-electron chi connectivity index (χ2n) is 4.59. The van der Waals surface area contributed by atoms with Crippen LogP contribution in [0.3, 0.4) is 0 Å². The molecule has 1 saturated heterocycles. The van der Waals surface area contributed by atoms with E-state index in [0.29, 0.717) is 6.54 Å². The molecule has 8 heteroatoms. The zero-order valence-electron chi connectivity index (χ0n) is 11.3. The number of nitrogens with two attached hydrogens (primary N) is 1. The third kappa shape index (κ3) is 4.14. The Morgan fingerprint density at radius 2 is 2.15 bits per heavy atom. The van der Waals surface area contributed by atoms with Gasteiger partial charge in [-0.25, -0.2) is 18.1 Å². The quantitative estimate of drug-likeness (QED) is 0.698. The molecule has 1 aliphatic heterocycles. The molecule has 1 aliphatic rings. The first-order chi connectivity index (χ1) is 9.59. The van der Waals surface area contributed by atoms with E-state index in [1.807, 2.05) is 0 Å². The number of nitrogens with zero attached hydrogens (tertiary/aromatic N) is 2. The third-order valence-electron chi connectivity index (χ3n) is 3.14. The van der Waals surface area contributed by atoms with Crippen molar-refractivity contribution in [2.75, 3.05) is 45.1 Å². The molecular weight excluding hydrogens is 280 g/mol. The van der Waals surface area contributed by atoms with Crippen LogP contribution in [0.25, 0.3) is 0 Å². The van der Waals surface area contributed by atoms with E-state index in [2.05, 4.69) is 14.6 Å². The lowest BCUT2D eigenvalue weighted by molar-refractivity contribution is 0.0376. The SMILES string of the molecule is Nc1ncccc1S(=O)(=O)NCCCN1CCOCC1. The van der Waals surface area contributed by atoms with Gasteiger partial charge in [0.15, 0.2) is 0 Å². The number of ether oxygens (including phenoxy) is 1. The van der Waals surface area contributed by atoms with E-state index in [0.717, 1.165) is 39.3 Å². The Labute approximate surface area is 119 Å². The molecule has 0 aromatic carbocycles. The van der Waals surface area contributed by atoms with Crippen molar-refractivity contribution in [2.24, 2.45) is 0 Å². The van der Waals surface area contributed by atoms with Gasteiger partial charge in [-0.2, -0.15) is 0 Å². The normalized spacial score (nSPS) is 17.2. The molecule has 0 amide bonds. The van der Waals surface area contributed by atoms with Gasteiger partial charge in [-0.1, -0.05) is 0 Å². The first-order valence-electron chi connectivity index (χ1n) is 6.60. The van der Waals surface area contributed by atoms with Crippen LogP contribution < -0.4 is 10.5 Å². The second-order valence-corrected chi connectivity index (χ2v) is 6.33. The first kappa shape index (κ1) is 15.2. The number of sulfonamides is 1. The molecule has 1 aromatic rings. The lowest BCUT2D eigenvalue weighted by atomic mass is 10.3. The van der Waals surface area contributed by atoms with E-state index < -0.39 is 10.0 Å². The monoisotopic (exact) mass is 300 g/mol. The number of morpholine rings is 1. The number of nitrogen functional groups attached to an aromatic ring is 1. The minimum Gasteiger partial charge on any atom is -0.383 e. The highest BCUT2D eigenvalue weighted by Crippen LogP contribution is 2.13. The van der Waals surface area contributed by atoms with Crippen molar-refractivity contribution in [1.29, 1.82) is 0 Å². The molecule has 0 bridgehead atoms. The lowest BCUT2D eigenvalue weighted by Gasteiger charge is -2.26. The summed E-state index contributed by atoms with van der Waals surface area (Å²) >= 11 is 0. The summed E-state index contributed by atoms with van der Waals surface area (Å²) in [5, 5.41) is 0. The molecule has 0 radical (unpaired) electrons. The average molecular weight is 300 g/mol. The fourth-order valence-electron chi connectivity index (χ4n) is 2.04. The molecule has 2 rings (SSSR count). The van der Waals surface area contributed by atoms with E-state index in [4.69, 9.17) is 10.5 Å². The predicted octanol–water partition coefficient (Wildman–Crippen LogP) is -0.336. The molecule has 0 atom stereocenters. The van der Waals surface area contributed by atoms with Crippen LogP contribution in [0.1, 0.15) is 6.42 Å². The summed E-state index contributed by atoms with van der Waals surface area (Å²) in [6.45, 7) is 4.54. The highest BCUT2D eigenvalue weighted by atomic mass is 32.2. The van der Waals surface area contributed by atoms with Gasteiger partial charge in [0, 0.05) is 25.8 Å². The van der Waals surface area contributed by atoms with Crippen molar-refractivity contribution in [1.82, 2.24) is 14.6 Å². The average Bonchev–Trinajstić information content (AvgIpc) is 2.45. The maximum absolute atomic E-state index is 12.0. The standard InChI is InChI=1S/C12H20N4O3S/c13-12-11(3-1-4-14-12)20(17,18)15-5-2-6-16-7-9-19-10-8-16/h1,3-4,15H,2,5-10H2,(H2,13,14). The van der Waals surface area contributed by atoms with Gasteiger partial charge in [0.05, 0.1) is 13.2 Å². The molecule has 20 heavy (non-hydrogen) atoms. The van der Waals surface area contributed by atoms with Crippen LogP contribution in [-0.2, 0) is 14.8 Å². The molecule has 112 valence electrons. The van der Waals surface area contributed by atoms with Gasteiger partial charge >= 0.3 is 0 Å². The van der Waals surface area contributed by atoms with E-state index in [-0.39, 0.29) is 10.7 Å². The molecule has 2 heterocycles. The summed E-state index contributed by atoms with van der Waals surface area (Å²) in [6.07, 6.45) is 2.21. The summed E-state index contributed by atoms with van der Waals surface area (Å²) in [4.78, 5) is 6.08. The maximum atomic E-state index is 12.0. The number of aromatic nitrogens is 1. The van der Waals surface area contributed by atoms with E-state index in [9.17, 15) is 8.42 Å². The number of rotatable bonds is 6. The Bertz CT molecular complexity index is 529. The highest BCUT2D eigenvalue weighted by molar-refractivity contribution is 7.89. The molecule has 3 N–H and O–H groups in total. The summed E-state index contributed by atoms with van der Waals surface area (Å²) in [7, 11) is -3.57. The first-order valence-corrected chi connectivity index (χ1v) is 8.08. The van der Waals surface area contributed by atoms with Gasteiger partial charge in [-0.15, -0.1) is 0 Å². The van der Waals surface area contributed by atoms with Crippen molar-refractivity contribution in [3.63, 3.8) is 0 Å². The van der Waals surface area contributed by atoms with Gasteiger partial charge in [0.2, 0.25) is 10.0 Å². The molecule has 1 fully saturated rings. The van der Waals surface area contributed by atoms with Crippen LogP contribution >= 0.6 is 0 Å². The van der Waals surface area contributed by atoms with Crippen molar-refractivity contribution in [3.8, 4) is 0 Å². The minimum absolute atomic E-state index is 0.0215. The largest absolute Gasteiger partial charge is 0.383 e. The van der Waals surface area contributed by atoms with Gasteiger partial charge in [-0.05, 0) is 25.1 Å². The summed E-state index contributed by atoms with van der Waals surface area (Å²) in [5.74, 6) is 0.0215. The Hall–Kier alpha value is -1.22. The maximum Gasteiger partial charge on any atom is 0.244 e. The van der Waals surface area contributed by atoms with Crippen LogP contribution in [-0.4, -0.2) is 57.7 Å². The van der Waals surface area contributed by atoms with E-state index >= 15 is 0 Å². The Morgan fingerprint density at radius 1 is 1.40 bits per heavy atom. The van der Waals surface area contributed by atoms with E-state index in [1.165, 1.54) is 12.3 Å². The van der Waals surface area contributed by atoms with Gasteiger partial charge in [-0.3, -0.25) is 4.90 Å². The highest BCUT2D eigenvalue weighted by Gasteiger charge is 2.17. The molecule has 0 unspecified atom stereocenters. The smallest absolute Gasteiger partial charge is 0.244 e. The second kappa shape index (κ2) is 6.98. The molecule has 0 spiro atoms. The fourth-order valence-corrected chi connectivity index (χ4v) is 3.20. The minimum atomic E-state index is -3.57. The Kier molecular flexibility index (Phi) is 5.30. The molecule has 1 aromatic heterocycles. The Balaban J connectivity index is 1.79. The van der Waals surface area contributed by atoms with E-state index in [1.54, 1.807) is 6.07 Å². The number of hydrogen-bond acceptors (Lipinski definition) is 6. The number of hydrogen-bond donors (Lipinski definition) is 2. The van der Waals surface area contributed by atoms with Gasteiger partial charge in [0.25, 0.3) is 0 Å². The van der Waals surface area contributed by atoms with Crippen molar-refractivity contribution >= 4 is 15.8 Å². The molecule has 0 aliphatic carbocycles. The van der Waals surface area contributed by atoms with Gasteiger partial charge in [0.1, 0.15) is 10.7 Å². The predicted molar refractivity (Wildman–Crippen MR) is 75.7 cm³/mol. The van der Waals surface area contributed by atoms with Crippen LogP contribution in [0.2, 0.25) is 0 Å². The zero-order chi connectivity index (χ0) is 14.4. The van der Waals surface area contributed by atoms with Crippen LogP contribution in [0.5, 0.6) is 0 Å². The number of pyridine rings is 1.